The molecule has 1 saturated heterocycles. The minimum atomic E-state index is -0.0718. The first-order valence-corrected chi connectivity index (χ1v) is 10.6. The predicted molar refractivity (Wildman–Crippen MR) is 125 cm³/mol. The van der Waals surface area contributed by atoms with Gasteiger partial charge in [0.05, 0.1) is 19.1 Å². The zero-order valence-electron chi connectivity index (χ0n) is 16.9. The molecule has 0 N–H and O–H groups in total. The smallest absolute Gasteiger partial charge is 0.266 e. The van der Waals surface area contributed by atoms with Crippen LogP contribution in [-0.4, -0.2) is 42.5 Å². The minimum absolute atomic E-state index is 0.0718. The van der Waals surface area contributed by atoms with Crippen molar-refractivity contribution in [3.63, 3.8) is 0 Å². The van der Waals surface area contributed by atoms with Crippen molar-refractivity contribution >= 4 is 40.3 Å². The van der Waals surface area contributed by atoms with Crippen molar-refractivity contribution in [2.24, 2.45) is 0 Å². The summed E-state index contributed by atoms with van der Waals surface area (Å²) in [5.74, 6) is 2.03. The average molecular weight is 442 g/mol. The number of methoxy groups -OCH3 is 2. The highest BCUT2D eigenvalue weighted by Gasteiger charge is 2.31. The molecule has 7 heteroatoms. The molecule has 1 amide bonds. The fourth-order valence-electron chi connectivity index (χ4n) is 2.94. The van der Waals surface area contributed by atoms with Crippen LogP contribution in [0.4, 0.5) is 0 Å². The van der Waals surface area contributed by atoms with Crippen molar-refractivity contribution < 1.29 is 19.0 Å². The SMILES string of the molecule is C=CCOc1ccc(C=C2SC(=S)N(CCc3ccc(OC)c(OC)c3)C2=O)cc1. The topological polar surface area (TPSA) is 48.0 Å². The van der Waals surface area contributed by atoms with Crippen LogP contribution >= 0.6 is 24.0 Å². The third-order valence-corrected chi connectivity index (χ3v) is 5.87. The molecular formula is C23H23NO4S2. The predicted octanol–water partition coefficient (Wildman–Crippen LogP) is 4.71. The second kappa shape index (κ2) is 10.3. The molecule has 2 aromatic rings. The summed E-state index contributed by atoms with van der Waals surface area (Å²) in [5, 5.41) is 0. The fourth-order valence-corrected chi connectivity index (χ4v) is 4.25. The van der Waals surface area contributed by atoms with Crippen LogP contribution in [0.25, 0.3) is 6.08 Å². The Morgan fingerprint density at radius 1 is 1.10 bits per heavy atom. The van der Waals surface area contributed by atoms with E-state index in [0.717, 1.165) is 16.9 Å². The maximum absolute atomic E-state index is 12.8. The highest BCUT2D eigenvalue weighted by Crippen LogP contribution is 2.33. The van der Waals surface area contributed by atoms with Gasteiger partial charge in [-0.05, 0) is 47.9 Å². The Balaban J connectivity index is 1.66. The van der Waals surface area contributed by atoms with Crippen LogP contribution in [-0.2, 0) is 11.2 Å². The second-order valence-corrected chi connectivity index (χ2v) is 8.12. The molecule has 1 aliphatic rings. The lowest BCUT2D eigenvalue weighted by molar-refractivity contribution is -0.122. The van der Waals surface area contributed by atoms with Gasteiger partial charge < -0.3 is 14.2 Å². The number of hydrogen-bond donors (Lipinski definition) is 0. The van der Waals surface area contributed by atoms with Crippen LogP contribution in [0.2, 0.25) is 0 Å². The number of nitrogens with zero attached hydrogens (tertiary/aromatic N) is 1. The number of thioether (sulfide) groups is 1. The van der Waals surface area contributed by atoms with Gasteiger partial charge in [0.2, 0.25) is 0 Å². The summed E-state index contributed by atoms with van der Waals surface area (Å²) in [4.78, 5) is 15.1. The van der Waals surface area contributed by atoms with Gasteiger partial charge in [0, 0.05) is 6.54 Å². The summed E-state index contributed by atoms with van der Waals surface area (Å²) >= 11 is 6.76. The minimum Gasteiger partial charge on any atom is -0.493 e. The van der Waals surface area contributed by atoms with Gasteiger partial charge in [0.25, 0.3) is 5.91 Å². The Labute approximate surface area is 186 Å². The first-order chi connectivity index (χ1) is 14.5. The summed E-state index contributed by atoms with van der Waals surface area (Å²) in [6, 6.07) is 13.3. The van der Waals surface area contributed by atoms with E-state index in [2.05, 4.69) is 6.58 Å². The number of carbonyl (C=O) groups excluding carboxylic acids is 1. The van der Waals surface area contributed by atoms with Gasteiger partial charge in [-0.15, -0.1) is 0 Å². The Hall–Kier alpha value is -2.77. The van der Waals surface area contributed by atoms with Gasteiger partial charge in [-0.2, -0.15) is 0 Å². The van der Waals surface area contributed by atoms with Gasteiger partial charge in [-0.3, -0.25) is 9.69 Å². The molecule has 0 saturated carbocycles. The highest BCUT2D eigenvalue weighted by atomic mass is 32.2. The Kier molecular flexibility index (Phi) is 7.54. The van der Waals surface area contributed by atoms with Crippen LogP contribution in [0, 0.1) is 0 Å². The molecule has 0 unspecified atom stereocenters. The molecule has 156 valence electrons. The molecule has 5 nitrogen and oxygen atoms in total. The van der Waals surface area contributed by atoms with Crippen molar-refractivity contribution in [3.05, 3.63) is 71.2 Å². The van der Waals surface area contributed by atoms with E-state index < -0.39 is 0 Å². The van der Waals surface area contributed by atoms with Crippen LogP contribution in [0.5, 0.6) is 17.2 Å². The standard InChI is InChI=1S/C23H23NO4S2/c1-4-13-28-18-8-5-16(6-9-18)15-21-22(25)24(23(29)30-21)12-11-17-7-10-19(26-2)20(14-17)27-3/h4-10,14-15H,1,11-13H2,2-3H3. The van der Waals surface area contributed by atoms with Crippen LogP contribution in [0.3, 0.4) is 0 Å². The lowest BCUT2D eigenvalue weighted by atomic mass is 10.1. The molecule has 1 heterocycles. The molecule has 1 fully saturated rings. The lowest BCUT2D eigenvalue weighted by Crippen LogP contribution is -2.30. The van der Waals surface area contributed by atoms with Gasteiger partial charge in [0.15, 0.2) is 11.5 Å². The van der Waals surface area contributed by atoms with Crippen molar-refractivity contribution in [1.29, 1.82) is 0 Å². The van der Waals surface area contributed by atoms with E-state index in [4.69, 9.17) is 26.4 Å². The van der Waals surface area contributed by atoms with E-state index >= 15 is 0 Å². The first-order valence-electron chi connectivity index (χ1n) is 9.35. The molecule has 30 heavy (non-hydrogen) atoms. The number of benzene rings is 2. The lowest BCUT2D eigenvalue weighted by Gasteiger charge is -2.15. The van der Waals surface area contributed by atoms with Crippen LogP contribution in [0.1, 0.15) is 11.1 Å². The van der Waals surface area contributed by atoms with E-state index in [0.29, 0.717) is 40.3 Å². The maximum atomic E-state index is 12.8. The van der Waals surface area contributed by atoms with Gasteiger partial charge in [-0.25, -0.2) is 0 Å². The van der Waals surface area contributed by atoms with Crippen molar-refractivity contribution in [2.45, 2.75) is 6.42 Å². The molecular weight excluding hydrogens is 418 g/mol. The first kappa shape index (κ1) is 21.9. The van der Waals surface area contributed by atoms with Gasteiger partial charge in [0.1, 0.15) is 16.7 Å². The Morgan fingerprint density at radius 2 is 1.83 bits per heavy atom. The molecule has 0 aromatic heterocycles. The summed E-state index contributed by atoms with van der Waals surface area (Å²) in [5.41, 5.74) is 1.96. The fraction of sp³-hybridized carbons (Fsp3) is 0.217. The van der Waals surface area contributed by atoms with Crippen LogP contribution in [0.15, 0.2) is 60.0 Å². The summed E-state index contributed by atoms with van der Waals surface area (Å²) < 4.78 is 16.7. The van der Waals surface area contributed by atoms with Gasteiger partial charge >= 0.3 is 0 Å². The summed E-state index contributed by atoms with van der Waals surface area (Å²) in [6.07, 6.45) is 4.21. The van der Waals surface area contributed by atoms with E-state index in [1.165, 1.54) is 11.8 Å². The highest BCUT2D eigenvalue weighted by molar-refractivity contribution is 8.26. The van der Waals surface area contributed by atoms with Crippen molar-refractivity contribution in [1.82, 2.24) is 4.90 Å². The summed E-state index contributed by atoms with van der Waals surface area (Å²) in [7, 11) is 3.21. The van der Waals surface area contributed by atoms with E-state index in [1.54, 1.807) is 25.2 Å². The molecule has 0 radical (unpaired) electrons. The van der Waals surface area contributed by atoms with Gasteiger partial charge in [-0.1, -0.05) is 54.8 Å². The average Bonchev–Trinajstić information content (AvgIpc) is 3.03. The Morgan fingerprint density at radius 3 is 2.50 bits per heavy atom. The second-order valence-electron chi connectivity index (χ2n) is 6.44. The quantitative estimate of drug-likeness (QED) is 0.319. The number of rotatable bonds is 9. The van der Waals surface area contributed by atoms with E-state index in [-0.39, 0.29) is 5.91 Å². The Bertz CT molecular complexity index is 970. The number of carbonyl (C=O) groups is 1. The molecule has 0 aliphatic carbocycles. The molecule has 0 atom stereocenters. The molecule has 0 spiro atoms. The normalized spacial score (nSPS) is 14.9. The monoisotopic (exact) mass is 441 g/mol. The zero-order valence-corrected chi connectivity index (χ0v) is 18.6. The number of thiocarbonyl (C=S) groups is 1. The van der Waals surface area contributed by atoms with E-state index in [9.17, 15) is 4.79 Å². The third kappa shape index (κ3) is 5.23. The summed E-state index contributed by atoms with van der Waals surface area (Å²) in [6.45, 7) is 4.59. The molecule has 0 bridgehead atoms. The third-order valence-electron chi connectivity index (χ3n) is 4.49. The van der Waals surface area contributed by atoms with Crippen molar-refractivity contribution in [3.8, 4) is 17.2 Å². The molecule has 1 aliphatic heterocycles. The number of amides is 1. The molecule has 3 rings (SSSR count). The number of ether oxygens (including phenoxy) is 3. The largest absolute Gasteiger partial charge is 0.493 e. The zero-order chi connectivity index (χ0) is 21.5. The van der Waals surface area contributed by atoms with E-state index in [1.807, 2.05) is 48.5 Å². The molecule has 2 aromatic carbocycles. The van der Waals surface area contributed by atoms with Crippen LogP contribution < -0.4 is 14.2 Å². The number of hydrogen-bond acceptors (Lipinski definition) is 6. The van der Waals surface area contributed by atoms with Crippen molar-refractivity contribution in [2.75, 3.05) is 27.4 Å². The maximum Gasteiger partial charge on any atom is 0.266 e.